The third-order valence-corrected chi connectivity index (χ3v) is 4.46. The Morgan fingerprint density at radius 1 is 1.17 bits per heavy atom. The van der Waals surface area contributed by atoms with Crippen LogP contribution < -0.4 is 10.6 Å². The van der Waals surface area contributed by atoms with Crippen LogP contribution >= 0.6 is 0 Å². The minimum absolute atomic E-state index is 0.121. The van der Waals surface area contributed by atoms with Gasteiger partial charge >= 0.3 is 0 Å². The number of benzene rings is 1. The molecule has 29 heavy (non-hydrogen) atoms. The van der Waals surface area contributed by atoms with E-state index >= 15 is 0 Å². The van der Waals surface area contributed by atoms with Crippen LogP contribution in [0, 0.1) is 13.8 Å². The molecule has 0 fully saturated rings. The maximum absolute atomic E-state index is 12.1. The van der Waals surface area contributed by atoms with E-state index < -0.39 is 0 Å². The maximum atomic E-state index is 12.1. The molecule has 2 N–H and O–H groups in total. The predicted octanol–water partition coefficient (Wildman–Crippen LogP) is 2.05. The van der Waals surface area contributed by atoms with Crippen molar-refractivity contribution >= 4 is 23.6 Å². The van der Waals surface area contributed by atoms with E-state index in [0.29, 0.717) is 12.2 Å². The van der Waals surface area contributed by atoms with Gasteiger partial charge < -0.3 is 10.6 Å². The number of aromatic nitrogens is 4. The summed E-state index contributed by atoms with van der Waals surface area (Å²) in [7, 11) is 1.81. The molecule has 3 rings (SSSR count). The van der Waals surface area contributed by atoms with E-state index in [4.69, 9.17) is 0 Å². The Labute approximate surface area is 169 Å². The van der Waals surface area contributed by atoms with Crippen molar-refractivity contribution in [3.63, 3.8) is 0 Å². The Kier molecular flexibility index (Phi) is 6.23. The average Bonchev–Trinajstić information content (AvgIpc) is 3.25. The Bertz CT molecular complexity index is 1030. The quantitative estimate of drug-likeness (QED) is 0.602. The minimum Gasteiger partial charge on any atom is -0.343 e. The number of hydrogen-bond donors (Lipinski definition) is 2. The summed E-state index contributed by atoms with van der Waals surface area (Å²) >= 11 is 0. The fraction of sp³-hybridized carbons (Fsp3) is 0.238. The summed E-state index contributed by atoms with van der Waals surface area (Å²) < 4.78 is 3.50. The van der Waals surface area contributed by atoms with Gasteiger partial charge in [-0.05, 0) is 25.5 Å². The Morgan fingerprint density at radius 3 is 2.62 bits per heavy atom. The molecule has 3 aromatic rings. The molecule has 2 heterocycles. The molecule has 0 aliphatic heterocycles. The number of nitrogens with zero attached hydrogens (tertiary/aromatic N) is 4. The molecule has 2 aromatic heterocycles. The number of carbonyl (C=O) groups excluding carboxylic acids is 2. The molecule has 0 bridgehead atoms. The number of aryl methyl sites for hydroxylation is 2. The molecule has 0 radical (unpaired) electrons. The van der Waals surface area contributed by atoms with Gasteiger partial charge in [-0.1, -0.05) is 30.3 Å². The second-order valence-corrected chi connectivity index (χ2v) is 6.73. The summed E-state index contributed by atoms with van der Waals surface area (Å²) in [6.07, 6.45) is 6.60. The zero-order chi connectivity index (χ0) is 20.8. The van der Waals surface area contributed by atoms with Gasteiger partial charge in [-0.2, -0.15) is 10.2 Å². The standard InChI is InChI=1S/C21H24N6O2/c1-15-21(16(2)26(3)25-15)24-20(29)12-22-19(28)10-9-18-11-23-27(14-18)13-17-7-5-4-6-8-17/h4-11,14H,12-13H2,1-3H3,(H,22,28)(H,24,29)/b10-9+. The summed E-state index contributed by atoms with van der Waals surface area (Å²) in [5.41, 5.74) is 4.22. The first-order chi connectivity index (χ1) is 13.9. The minimum atomic E-state index is -0.351. The van der Waals surface area contributed by atoms with E-state index in [9.17, 15) is 9.59 Å². The lowest BCUT2D eigenvalue weighted by Crippen LogP contribution is -2.31. The van der Waals surface area contributed by atoms with E-state index in [2.05, 4.69) is 20.8 Å². The van der Waals surface area contributed by atoms with Gasteiger partial charge in [0.2, 0.25) is 11.8 Å². The molecule has 8 nitrogen and oxygen atoms in total. The van der Waals surface area contributed by atoms with Gasteiger partial charge in [0.05, 0.1) is 36.4 Å². The van der Waals surface area contributed by atoms with Crippen molar-refractivity contribution in [2.24, 2.45) is 7.05 Å². The van der Waals surface area contributed by atoms with Gasteiger partial charge in [0, 0.05) is 24.9 Å². The van der Waals surface area contributed by atoms with E-state index in [1.807, 2.05) is 57.4 Å². The van der Waals surface area contributed by atoms with Crippen molar-refractivity contribution in [1.82, 2.24) is 24.9 Å². The van der Waals surface area contributed by atoms with Crippen LogP contribution in [0.1, 0.15) is 22.5 Å². The van der Waals surface area contributed by atoms with Crippen LogP contribution in [0.25, 0.3) is 6.08 Å². The van der Waals surface area contributed by atoms with E-state index in [0.717, 1.165) is 22.5 Å². The largest absolute Gasteiger partial charge is 0.343 e. The van der Waals surface area contributed by atoms with Crippen LogP contribution in [-0.2, 0) is 23.2 Å². The topological polar surface area (TPSA) is 93.8 Å². The van der Waals surface area contributed by atoms with E-state index in [1.165, 1.54) is 6.08 Å². The van der Waals surface area contributed by atoms with Crippen LogP contribution in [0.5, 0.6) is 0 Å². The second-order valence-electron chi connectivity index (χ2n) is 6.73. The second kappa shape index (κ2) is 9.01. The van der Waals surface area contributed by atoms with Gasteiger partial charge in [0.25, 0.3) is 0 Å². The normalized spacial score (nSPS) is 11.0. The predicted molar refractivity (Wildman–Crippen MR) is 111 cm³/mol. The highest BCUT2D eigenvalue weighted by Crippen LogP contribution is 2.17. The lowest BCUT2D eigenvalue weighted by atomic mass is 10.2. The first-order valence-electron chi connectivity index (χ1n) is 9.24. The molecule has 0 spiro atoms. The molecule has 150 valence electrons. The fourth-order valence-electron chi connectivity index (χ4n) is 2.86. The number of amides is 2. The van der Waals surface area contributed by atoms with Crippen molar-refractivity contribution in [3.8, 4) is 0 Å². The highest BCUT2D eigenvalue weighted by Gasteiger charge is 2.12. The van der Waals surface area contributed by atoms with Crippen molar-refractivity contribution < 1.29 is 9.59 Å². The Balaban J connectivity index is 1.48. The summed E-state index contributed by atoms with van der Waals surface area (Å²) in [4.78, 5) is 24.1. The summed E-state index contributed by atoms with van der Waals surface area (Å²) in [6, 6.07) is 10.0. The zero-order valence-electron chi connectivity index (χ0n) is 16.7. The average molecular weight is 392 g/mol. The molecular weight excluding hydrogens is 368 g/mol. The highest BCUT2D eigenvalue weighted by atomic mass is 16.2. The first-order valence-corrected chi connectivity index (χ1v) is 9.24. The van der Waals surface area contributed by atoms with Crippen molar-refractivity contribution in [2.45, 2.75) is 20.4 Å². The summed E-state index contributed by atoms with van der Waals surface area (Å²) in [6.45, 7) is 4.23. The third kappa shape index (κ3) is 5.41. The lowest BCUT2D eigenvalue weighted by molar-refractivity contribution is -0.121. The maximum Gasteiger partial charge on any atom is 0.244 e. The van der Waals surface area contributed by atoms with Gasteiger partial charge in [0.15, 0.2) is 0 Å². The summed E-state index contributed by atoms with van der Waals surface area (Å²) in [5.74, 6) is -0.655. The van der Waals surface area contributed by atoms with Crippen LogP contribution in [0.3, 0.4) is 0 Å². The summed E-state index contributed by atoms with van der Waals surface area (Å²) in [5, 5.41) is 13.9. The van der Waals surface area contributed by atoms with Crippen molar-refractivity contribution in [3.05, 3.63) is 71.3 Å². The van der Waals surface area contributed by atoms with Gasteiger partial charge in [-0.15, -0.1) is 0 Å². The van der Waals surface area contributed by atoms with Crippen LogP contribution in [0.4, 0.5) is 5.69 Å². The molecule has 0 atom stereocenters. The molecule has 8 heteroatoms. The fourth-order valence-corrected chi connectivity index (χ4v) is 2.86. The van der Waals surface area contributed by atoms with Crippen LogP contribution in [0.2, 0.25) is 0 Å². The molecule has 1 aromatic carbocycles. The third-order valence-electron chi connectivity index (χ3n) is 4.46. The number of carbonyl (C=O) groups is 2. The lowest BCUT2D eigenvalue weighted by Gasteiger charge is -2.06. The zero-order valence-corrected chi connectivity index (χ0v) is 16.7. The number of hydrogen-bond acceptors (Lipinski definition) is 4. The Hall–Kier alpha value is -3.68. The smallest absolute Gasteiger partial charge is 0.244 e. The SMILES string of the molecule is Cc1nn(C)c(C)c1NC(=O)CNC(=O)/C=C/c1cnn(Cc2ccccc2)c1. The van der Waals surface area contributed by atoms with Crippen LogP contribution in [0.15, 0.2) is 48.8 Å². The Morgan fingerprint density at radius 2 is 1.93 bits per heavy atom. The molecule has 2 amide bonds. The number of anilines is 1. The van der Waals surface area contributed by atoms with Gasteiger partial charge in [-0.3, -0.25) is 19.0 Å². The molecule has 0 aliphatic carbocycles. The van der Waals surface area contributed by atoms with E-state index in [1.54, 1.807) is 21.6 Å². The molecule has 0 saturated heterocycles. The molecule has 0 aliphatic rings. The van der Waals surface area contributed by atoms with E-state index in [-0.39, 0.29) is 18.4 Å². The monoisotopic (exact) mass is 392 g/mol. The van der Waals surface area contributed by atoms with Crippen molar-refractivity contribution in [1.29, 1.82) is 0 Å². The molecule has 0 saturated carbocycles. The number of rotatable bonds is 7. The van der Waals surface area contributed by atoms with Crippen molar-refractivity contribution in [2.75, 3.05) is 11.9 Å². The van der Waals surface area contributed by atoms with Gasteiger partial charge in [0.1, 0.15) is 0 Å². The molecule has 0 unspecified atom stereocenters. The number of nitrogens with one attached hydrogen (secondary N) is 2. The highest BCUT2D eigenvalue weighted by molar-refractivity contribution is 5.98. The van der Waals surface area contributed by atoms with Crippen LogP contribution in [-0.4, -0.2) is 37.9 Å². The van der Waals surface area contributed by atoms with Gasteiger partial charge in [-0.25, -0.2) is 0 Å². The first kappa shape index (κ1) is 20.1. The molecular formula is C21H24N6O2.